The molecule has 1 fully saturated rings. The first kappa shape index (κ1) is 11.2. The van der Waals surface area contributed by atoms with Crippen LogP contribution in [0.5, 0.6) is 0 Å². The highest BCUT2D eigenvalue weighted by Crippen LogP contribution is 2.14. The van der Waals surface area contributed by atoms with Gasteiger partial charge in [-0.05, 0) is 27.7 Å². The summed E-state index contributed by atoms with van der Waals surface area (Å²) in [4.78, 5) is 0. The molecular weight excluding hydrogens is 160 g/mol. The van der Waals surface area contributed by atoms with Crippen molar-refractivity contribution < 1.29 is 0 Å². The number of nitrogens with one attached hydrogen (secondary N) is 2. The van der Waals surface area contributed by atoms with Crippen molar-refractivity contribution >= 4 is 12.4 Å². The van der Waals surface area contributed by atoms with Crippen molar-refractivity contribution in [3.8, 4) is 0 Å². The van der Waals surface area contributed by atoms with Gasteiger partial charge in [-0.2, -0.15) is 0 Å². The monoisotopic (exact) mass is 178 g/mol. The van der Waals surface area contributed by atoms with E-state index >= 15 is 0 Å². The standard InChI is InChI=1S/C8H18N2.ClH/c1-7(2,3)10-8(4)5-9-6-8;/h9-10H,5-6H2,1-4H3;1H. The second-order valence-corrected chi connectivity index (χ2v) is 4.54. The average molecular weight is 179 g/mol. The molecule has 2 nitrogen and oxygen atoms in total. The number of hydrogen-bond donors (Lipinski definition) is 2. The lowest BCUT2D eigenvalue weighted by Crippen LogP contribution is -2.69. The molecule has 0 aromatic carbocycles. The predicted molar refractivity (Wildman–Crippen MR) is 51.4 cm³/mol. The summed E-state index contributed by atoms with van der Waals surface area (Å²) in [6.45, 7) is 11.1. The summed E-state index contributed by atoms with van der Waals surface area (Å²) < 4.78 is 0. The molecule has 0 aromatic rings. The van der Waals surface area contributed by atoms with Gasteiger partial charge < -0.3 is 10.6 Å². The van der Waals surface area contributed by atoms with E-state index in [2.05, 4.69) is 38.3 Å². The largest absolute Gasteiger partial charge is 0.313 e. The third-order valence-corrected chi connectivity index (χ3v) is 1.71. The number of halogens is 1. The molecule has 2 N–H and O–H groups in total. The topological polar surface area (TPSA) is 24.1 Å². The van der Waals surface area contributed by atoms with Gasteiger partial charge in [-0.15, -0.1) is 12.4 Å². The zero-order valence-corrected chi connectivity index (χ0v) is 8.64. The summed E-state index contributed by atoms with van der Waals surface area (Å²) in [5.74, 6) is 0. The fourth-order valence-corrected chi connectivity index (χ4v) is 1.49. The summed E-state index contributed by atoms with van der Waals surface area (Å²) in [5, 5.41) is 6.83. The van der Waals surface area contributed by atoms with Gasteiger partial charge in [-0.3, -0.25) is 0 Å². The van der Waals surface area contributed by atoms with Gasteiger partial charge in [-0.1, -0.05) is 0 Å². The molecule has 1 heterocycles. The molecule has 1 saturated heterocycles. The lowest BCUT2D eigenvalue weighted by atomic mass is 9.91. The summed E-state index contributed by atoms with van der Waals surface area (Å²) in [7, 11) is 0. The third-order valence-electron chi connectivity index (χ3n) is 1.71. The molecule has 0 saturated carbocycles. The van der Waals surface area contributed by atoms with E-state index in [9.17, 15) is 0 Å². The van der Waals surface area contributed by atoms with Crippen LogP contribution in [0, 0.1) is 0 Å². The van der Waals surface area contributed by atoms with Gasteiger partial charge in [0.25, 0.3) is 0 Å². The Balaban J connectivity index is 0.000001000. The molecule has 0 aromatic heterocycles. The second-order valence-electron chi connectivity index (χ2n) is 4.54. The highest BCUT2D eigenvalue weighted by molar-refractivity contribution is 5.85. The first-order chi connectivity index (χ1) is 4.41. The fourth-order valence-electron chi connectivity index (χ4n) is 1.49. The van der Waals surface area contributed by atoms with Crippen molar-refractivity contribution in [2.24, 2.45) is 0 Å². The normalized spacial score (nSPS) is 21.8. The molecule has 0 bridgehead atoms. The Kier molecular flexibility index (Phi) is 3.36. The first-order valence-corrected chi connectivity index (χ1v) is 3.91. The minimum absolute atomic E-state index is 0. The van der Waals surface area contributed by atoms with Crippen molar-refractivity contribution in [3.05, 3.63) is 0 Å². The Labute approximate surface area is 75.5 Å². The Morgan fingerprint density at radius 3 is 1.82 bits per heavy atom. The Morgan fingerprint density at radius 2 is 1.73 bits per heavy atom. The quantitative estimate of drug-likeness (QED) is 0.630. The maximum Gasteiger partial charge on any atom is 0.0407 e. The molecule has 3 heteroatoms. The number of rotatable bonds is 1. The Morgan fingerprint density at radius 1 is 1.27 bits per heavy atom. The molecule has 11 heavy (non-hydrogen) atoms. The maximum absolute atomic E-state index is 3.57. The second kappa shape index (κ2) is 3.30. The first-order valence-electron chi connectivity index (χ1n) is 3.91. The third kappa shape index (κ3) is 3.41. The fraction of sp³-hybridized carbons (Fsp3) is 1.00. The van der Waals surface area contributed by atoms with E-state index in [1.807, 2.05) is 0 Å². The summed E-state index contributed by atoms with van der Waals surface area (Å²) >= 11 is 0. The SMILES string of the molecule is CC(C)(C)NC1(C)CNC1.Cl. The summed E-state index contributed by atoms with van der Waals surface area (Å²) in [6.07, 6.45) is 0. The van der Waals surface area contributed by atoms with E-state index < -0.39 is 0 Å². The van der Waals surface area contributed by atoms with Crippen LogP contribution in [0.2, 0.25) is 0 Å². The molecule has 0 radical (unpaired) electrons. The zero-order chi connectivity index (χ0) is 7.83. The molecular formula is C8H19ClN2. The zero-order valence-electron chi connectivity index (χ0n) is 7.82. The van der Waals surface area contributed by atoms with E-state index in [0.717, 1.165) is 13.1 Å². The predicted octanol–water partition coefficient (Wildman–Crippen LogP) is 1.16. The lowest BCUT2D eigenvalue weighted by molar-refractivity contribution is 0.185. The Bertz CT molecular complexity index is 125. The van der Waals surface area contributed by atoms with Gasteiger partial charge >= 0.3 is 0 Å². The van der Waals surface area contributed by atoms with E-state index in [1.165, 1.54) is 0 Å². The van der Waals surface area contributed by atoms with E-state index in [0.29, 0.717) is 5.54 Å². The van der Waals surface area contributed by atoms with Gasteiger partial charge in [-0.25, -0.2) is 0 Å². The van der Waals surface area contributed by atoms with E-state index in [4.69, 9.17) is 0 Å². The van der Waals surface area contributed by atoms with Crippen LogP contribution in [-0.4, -0.2) is 24.2 Å². The highest BCUT2D eigenvalue weighted by atomic mass is 35.5. The van der Waals surface area contributed by atoms with Gasteiger partial charge in [0.15, 0.2) is 0 Å². The summed E-state index contributed by atoms with van der Waals surface area (Å²) in [6, 6.07) is 0. The van der Waals surface area contributed by atoms with E-state index in [1.54, 1.807) is 0 Å². The number of hydrogen-bond acceptors (Lipinski definition) is 2. The molecule has 1 rings (SSSR count). The van der Waals surface area contributed by atoms with Crippen LogP contribution in [0.1, 0.15) is 27.7 Å². The van der Waals surface area contributed by atoms with Gasteiger partial charge in [0.1, 0.15) is 0 Å². The van der Waals surface area contributed by atoms with Crippen molar-refractivity contribution in [3.63, 3.8) is 0 Å². The van der Waals surface area contributed by atoms with Crippen molar-refractivity contribution in [1.29, 1.82) is 0 Å². The van der Waals surface area contributed by atoms with Crippen molar-refractivity contribution in [1.82, 2.24) is 10.6 Å². The minimum Gasteiger partial charge on any atom is -0.313 e. The van der Waals surface area contributed by atoms with Gasteiger partial charge in [0.05, 0.1) is 0 Å². The van der Waals surface area contributed by atoms with E-state index in [-0.39, 0.29) is 17.9 Å². The van der Waals surface area contributed by atoms with Crippen LogP contribution < -0.4 is 10.6 Å². The lowest BCUT2D eigenvalue weighted by Gasteiger charge is -2.45. The minimum atomic E-state index is 0. The molecule has 0 unspecified atom stereocenters. The van der Waals surface area contributed by atoms with Crippen LogP contribution in [0.25, 0.3) is 0 Å². The molecule has 1 aliphatic heterocycles. The van der Waals surface area contributed by atoms with Crippen LogP contribution >= 0.6 is 12.4 Å². The van der Waals surface area contributed by atoms with Crippen LogP contribution in [-0.2, 0) is 0 Å². The van der Waals surface area contributed by atoms with Crippen LogP contribution in [0.4, 0.5) is 0 Å². The summed E-state index contributed by atoms with van der Waals surface area (Å²) in [5.41, 5.74) is 0.592. The molecule has 0 aliphatic carbocycles. The van der Waals surface area contributed by atoms with Crippen molar-refractivity contribution in [2.75, 3.05) is 13.1 Å². The molecule has 1 aliphatic rings. The van der Waals surface area contributed by atoms with Gasteiger partial charge in [0, 0.05) is 24.2 Å². The average Bonchev–Trinajstić information content (AvgIpc) is 1.57. The highest BCUT2D eigenvalue weighted by Gasteiger charge is 2.34. The molecule has 0 amide bonds. The molecule has 0 spiro atoms. The molecule has 0 atom stereocenters. The molecule has 68 valence electrons. The van der Waals surface area contributed by atoms with Crippen molar-refractivity contribution in [2.45, 2.75) is 38.8 Å². The smallest absolute Gasteiger partial charge is 0.0407 e. The van der Waals surface area contributed by atoms with Crippen LogP contribution in [0.15, 0.2) is 0 Å². The van der Waals surface area contributed by atoms with Crippen LogP contribution in [0.3, 0.4) is 0 Å². The maximum atomic E-state index is 3.57. The van der Waals surface area contributed by atoms with Gasteiger partial charge in [0.2, 0.25) is 0 Å². The Hall–Kier alpha value is 0.210.